The van der Waals surface area contributed by atoms with Gasteiger partial charge in [0.15, 0.2) is 0 Å². The molecule has 94 valence electrons. The maximum atomic E-state index is 5.80. The Kier molecular flexibility index (Phi) is 3.95. The molecule has 0 spiro atoms. The third kappa shape index (κ3) is 3.08. The van der Waals surface area contributed by atoms with Gasteiger partial charge >= 0.3 is 0 Å². The summed E-state index contributed by atoms with van der Waals surface area (Å²) in [5.41, 5.74) is 9.02. The van der Waals surface area contributed by atoms with Crippen molar-refractivity contribution >= 4 is 0 Å². The molecule has 1 heterocycles. The summed E-state index contributed by atoms with van der Waals surface area (Å²) in [6.07, 6.45) is 1.78. The molecule has 1 aromatic carbocycles. The van der Waals surface area contributed by atoms with Crippen LogP contribution in [0.15, 0.2) is 42.6 Å². The lowest BCUT2D eigenvalue weighted by Crippen LogP contribution is -2.05. The Bertz CT molecular complexity index is 506. The monoisotopic (exact) mass is 242 g/mol. The molecule has 0 fully saturated rings. The van der Waals surface area contributed by atoms with Crippen molar-refractivity contribution in [2.75, 3.05) is 0 Å². The predicted molar refractivity (Wildman–Crippen MR) is 72.4 cm³/mol. The van der Waals surface area contributed by atoms with E-state index >= 15 is 0 Å². The first-order chi connectivity index (χ1) is 8.66. The quantitative estimate of drug-likeness (QED) is 0.896. The number of rotatable bonds is 4. The standard InChI is InChI=1S/C15H18N2O/c1-11-4-3-9-17-15(11)10-18-14-7-5-13(6-8-14)12(2)16/h3-9,12H,10,16H2,1-2H3/t12-/m1/s1. The summed E-state index contributed by atoms with van der Waals surface area (Å²) in [5.74, 6) is 0.837. The summed E-state index contributed by atoms with van der Waals surface area (Å²) in [7, 11) is 0. The highest BCUT2D eigenvalue weighted by atomic mass is 16.5. The Morgan fingerprint density at radius 2 is 1.94 bits per heavy atom. The van der Waals surface area contributed by atoms with Crippen LogP contribution >= 0.6 is 0 Å². The highest BCUT2D eigenvalue weighted by molar-refractivity contribution is 5.29. The van der Waals surface area contributed by atoms with Gasteiger partial charge in [-0.15, -0.1) is 0 Å². The van der Waals surface area contributed by atoms with Gasteiger partial charge in [-0.05, 0) is 43.2 Å². The topological polar surface area (TPSA) is 48.1 Å². The van der Waals surface area contributed by atoms with E-state index in [1.807, 2.05) is 50.2 Å². The van der Waals surface area contributed by atoms with Crippen LogP contribution in [0.3, 0.4) is 0 Å². The van der Waals surface area contributed by atoms with Crippen LogP contribution < -0.4 is 10.5 Å². The van der Waals surface area contributed by atoms with Crippen LogP contribution in [-0.4, -0.2) is 4.98 Å². The van der Waals surface area contributed by atoms with E-state index in [0.29, 0.717) is 6.61 Å². The smallest absolute Gasteiger partial charge is 0.130 e. The van der Waals surface area contributed by atoms with Crippen LogP contribution in [0.2, 0.25) is 0 Å². The average molecular weight is 242 g/mol. The fraction of sp³-hybridized carbons (Fsp3) is 0.267. The number of nitrogens with zero attached hydrogens (tertiary/aromatic N) is 1. The molecule has 2 aromatic rings. The minimum absolute atomic E-state index is 0.0529. The second-order valence-electron chi connectivity index (χ2n) is 4.41. The van der Waals surface area contributed by atoms with Gasteiger partial charge in [0.25, 0.3) is 0 Å². The molecule has 3 heteroatoms. The molecule has 0 bridgehead atoms. The van der Waals surface area contributed by atoms with Gasteiger partial charge in [0.05, 0.1) is 5.69 Å². The summed E-state index contributed by atoms with van der Waals surface area (Å²) in [6.45, 7) is 4.49. The lowest BCUT2D eigenvalue weighted by atomic mass is 10.1. The SMILES string of the molecule is Cc1cccnc1COc1ccc([C@@H](C)N)cc1. The largest absolute Gasteiger partial charge is 0.487 e. The molecule has 1 atom stereocenters. The molecule has 2 rings (SSSR count). The average Bonchev–Trinajstić information content (AvgIpc) is 2.38. The second-order valence-corrected chi connectivity index (χ2v) is 4.41. The van der Waals surface area contributed by atoms with E-state index in [1.54, 1.807) is 6.20 Å². The zero-order valence-corrected chi connectivity index (χ0v) is 10.8. The van der Waals surface area contributed by atoms with Gasteiger partial charge in [-0.3, -0.25) is 4.98 Å². The summed E-state index contributed by atoms with van der Waals surface area (Å²) in [5, 5.41) is 0. The highest BCUT2D eigenvalue weighted by Crippen LogP contribution is 2.17. The Hall–Kier alpha value is -1.87. The molecule has 0 saturated heterocycles. The molecule has 0 aliphatic heterocycles. The maximum Gasteiger partial charge on any atom is 0.130 e. The summed E-state index contributed by atoms with van der Waals surface area (Å²) in [4.78, 5) is 4.29. The molecule has 0 radical (unpaired) electrons. The molecule has 1 aromatic heterocycles. The first-order valence-corrected chi connectivity index (χ1v) is 6.05. The van der Waals surface area contributed by atoms with Gasteiger partial charge < -0.3 is 10.5 Å². The summed E-state index contributed by atoms with van der Waals surface area (Å²) in [6, 6.07) is 11.9. The zero-order valence-electron chi connectivity index (χ0n) is 10.8. The van der Waals surface area contributed by atoms with Crippen molar-refractivity contribution in [1.82, 2.24) is 4.98 Å². The number of ether oxygens (including phenoxy) is 1. The molecule has 3 nitrogen and oxygen atoms in total. The van der Waals surface area contributed by atoms with Gasteiger partial charge in [0.2, 0.25) is 0 Å². The number of hydrogen-bond donors (Lipinski definition) is 1. The third-order valence-corrected chi connectivity index (χ3v) is 2.90. The fourth-order valence-electron chi connectivity index (χ4n) is 1.69. The minimum Gasteiger partial charge on any atom is -0.487 e. The zero-order chi connectivity index (χ0) is 13.0. The van der Waals surface area contributed by atoms with Crippen LogP contribution in [0.4, 0.5) is 0 Å². The Labute approximate surface area is 108 Å². The normalized spacial score (nSPS) is 12.2. The third-order valence-electron chi connectivity index (χ3n) is 2.90. The lowest BCUT2D eigenvalue weighted by molar-refractivity contribution is 0.300. The number of pyridine rings is 1. The highest BCUT2D eigenvalue weighted by Gasteiger charge is 2.02. The number of hydrogen-bond acceptors (Lipinski definition) is 3. The van der Waals surface area contributed by atoms with Crippen molar-refractivity contribution in [2.24, 2.45) is 5.73 Å². The summed E-state index contributed by atoms with van der Waals surface area (Å²) >= 11 is 0. The number of aryl methyl sites for hydroxylation is 1. The van der Waals surface area contributed by atoms with Gasteiger partial charge in [-0.2, -0.15) is 0 Å². The molecule has 0 unspecified atom stereocenters. The number of benzene rings is 1. The van der Waals surface area contributed by atoms with Crippen molar-refractivity contribution in [3.05, 3.63) is 59.4 Å². The molecule has 0 aliphatic rings. The van der Waals surface area contributed by atoms with Gasteiger partial charge in [-0.1, -0.05) is 18.2 Å². The van der Waals surface area contributed by atoms with Gasteiger partial charge in [0, 0.05) is 12.2 Å². The van der Waals surface area contributed by atoms with Gasteiger partial charge in [-0.25, -0.2) is 0 Å². The van der Waals surface area contributed by atoms with Crippen molar-refractivity contribution < 1.29 is 4.74 Å². The van der Waals surface area contributed by atoms with E-state index in [2.05, 4.69) is 4.98 Å². The Balaban J connectivity index is 2.00. The van der Waals surface area contributed by atoms with Gasteiger partial charge in [0.1, 0.15) is 12.4 Å². The van der Waals surface area contributed by atoms with Crippen molar-refractivity contribution in [3.8, 4) is 5.75 Å². The lowest BCUT2D eigenvalue weighted by Gasteiger charge is -2.09. The first-order valence-electron chi connectivity index (χ1n) is 6.05. The second kappa shape index (κ2) is 5.65. The first kappa shape index (κ1) is 12.6. The fourth-order valence-corrected chi connectivity index (χ4v) is 1.69. The summed E-state index contributed by atoms with van der Waals surface area (Å²) < 4.78 is 5.70. The Morgan fingerprint density at radius 1 is 1.22 bits per heavy atom. The molecule has 0 saturated carbocycles. The van der Waals surface area contributed by atoms with Crippen molar-refractivity contribution in [1.29, 1.82) is 0 Å². The molecule has 0 aliphatic carbocycles. The van der Waals surface area contributed by atoms with Crippen LogP contribution in [0.5, 0.6) is 5.75 Å². The Morgan fingerprint density at radius 3 is 2.56 bits per heavy atom. The number of aromatic nitrogens is 1. The van der Waals surface area contributed by atoms with E-state index < -0.39 is 0 Å². The van der Waals surface area contributed by atoms with Crippen LogP contribution in [-0.2, 0) is 6.61 Å². The van der Waals surface area contributed by atoms with E-state index in [0.717, 1.165) is 22.6 Å². The molecular weight excluding hydrogens is 224 g/mol. The minimum atomic E-state index is 0.0529. The number of nitrogens with two attached hydrogens (primary N) is 1. The van der Waals surface area contributed by atoms with Crippen LogP contribution in [0.25, 0.3) is 0 Å². The van der Waals surface area contributed by atoms with E-state index in [1.165, 1.54) is 0 Å². The molecule has 18 heavy (non-hydrogen) atoms. The van der Waals surface area contributed by atoms with E-state index in [4.69, 9.17) is 10.5 Å². The van der Waals surface area contributed by atoms with Crippen molar-refractivity contribution in [3.63, 3.8) is 0 Å². The van der Waals surface area contributed by atoms with E-state index in [-0.39, 0.29) is 6.04 Å². The van der Waals surface area contributed by atoms with Crippen LogP contribution in [0.1, 0.15) is 29.8 Å². The van der Waals surface area contributed by atoms with E-state index in [9.17, 15) is 0 Å². The van der Waals surface area contributed by atoms with Crippen LogP contribution in [0, 0.1) is 6.92 Å². The maximum absolute atomic E-state index is 5.80. The predicted octanol–water partition coefficient (Wildman–Crippen LogP) is 2.99. The molecular formula is C15H18N2O. The molecule has 0 amide bonds. The van der Waals surface area contributed by atoms with Crippen molar-refractivity contribution in [2.45, 2.75) is 26.5 Å². The molecule has 2 N–H and O–H groups in total.